The van der Waals surface area contributed by atoms with Gasteiger partial charge in [0.2, 0.25) is 0 Å². The van der Waals surface area contributed by atoms with Crippen LogP contribution in [0.25, 0.3) is 23.5 Å². The van der Waals surface area contributed by atoms with Crippen molar-refractivity contribution in [1.29, 1.82) is 0 Å². The van der Waals surface area contributed by atoms with Crippen LogP contribution < -0.4 is 4.74 Å². The molecule has 4 nitrogen and oxygen atoms in total. The Morgan fingerprint density at radius 2 is 2.00 bits per heavy atom. The molecule has 0 amide bonds. The van der Waals surface area contributed by atoms with Crippen LogP contribution in [0, 0.1) is 0 Å². The molecular weight excluding hydrogens is 278 g/mol. The molecule has 0 atom stereocenters. The number of rotatable bonds is 4. The van der Waals surface area contributed by atoms with Crippen molar-refractivity contribution in [2.24, 2.45) is 0 Å². The highest BCUT2D eigenvalue weighted by Gasteiger charge is 2.02. The van der Waals surface area contributed by atoms with E-state index in [0.717, 1.165) is 22.5 Å². The fraction of sp³-hybridized carbons (Fsp3) is 0.0556. The minimum atomic E-state index is 0.182. The van der Waals surface area contributed by atoms with Gasteiger partial charge in [0.25, 0.3) is 0 Å². The zero-order chi connectivity index (χ0) is 15.4. The van der Waals surface area contributed by atoms with Gasteiger partial charge in [-0.25, -0.2) is 0 Å². The molecule has 0 bridgehead atoms. The van der Waals surface area contributed by atoms with Crippen LogP contribution in [-0.4, -0.2) is 17.4 Å². The first kappa shape index (κ1) is 13.9. The van der Waals surface area contributed by atoms with Crippen molar-refractivity contribution < 1.29 is 14.4 Å². The van der Waals surface area contributed by atoms with Crippen LogP contribution in [-0.2, 0) is 0 Å². The highest BCUT2D eigenvalue weighted by molar-refractivity contribution is 5.74. The number of phenols is 1. The molecule has 110 valence electrons. The summed E-state index contributed by atoms with van der Waals surface area (Å²) in [6, 6.07) is 14.9. The van der Waals surface area contributed by atoms with Gasteiger partial charge < -0.3 is 14.4 Å². The van der Waals surface area contributed by atoms with Crippen molar-refractivity contribution in [2.45, 2.75) is 0 Å². The van der Waals surface area contributed by atoms with Gasteiger partial charge in [-0.2, -0.15) is 0 Å². The van der Waals surface area contributed by atoms with Crippen LogP contribution >= 0.6 is 0 Å². The van der Waals surface area contributed by atoms with Gasteiger partial charge in [-0.05, 0) is 23.8 Å². The Labute approximate surface area is 128 Å². The average molecular weight is 293 g/mol. The molecule has 0 fully saturated rings. The molecule has 4 heteroatoms. The third kappa shape index (κ3) is 3.01. The third-order valence-corrected chi connectivity index (χ3v) is 3.30. The fourth-order valence-corrected chi connectivity index (χ4v) is 2.14. The van der Waals surface area contributed by atoms with Gasteiger partial charge in [0.15, 0.2) is 5.76 Å². The smallest absolute Gasteiger partial charge is 0.166 e. The second kappa shape index (κ2) is 6.18. The fourth-order valence-electron chi connectivity index (χ4n) is 2.14. The summed E-state index contributed by atoms with van der Waals surface area (Å²) in [6.07, 6.45) is 5.41. The molecule has 3 rings (SSSR count). The molecule has 1 N–H and O–H groups in total. The lowest BCUT2D eigenvalue weighted by atomic mass is 10.1. The van der Waals surface area contributed by atoms with Crippen LogP contribution in [0.15, 0.2) is 59.3 Å². The number of aromatic nitrogens is 1. The summed E-state index contributed by atoms with van der Waals surface area (Å²) in [5, 5.41) is 13.7. The minimum absolute atomic E-state index is 0.182. The van der Waals surface area contributed by atoms with E-state index in [4.69, 9.17) is 9.26 Å². The van der Waals surface area contributed by atoms with E-state index < -0.39 is 0 Å². The molecule has 1 aromatic heterocycles. The summed E-state index contributed by atoms with van der Waals surface area (Å²) in [7, 11) is 1.57. The number of methoxy groups -OCH3 is 1. The summed E-state index contributed by atoms with van der Waals surface area (Å²) < 4.78 is 10.2. The summed E-state index contributed by atoms with van der Waals surface area (Å²) in [5.41, 5.74) is 2.69. The van der Waals surface area contributed by atoms with Gasteiger partial charge in [-0.1, -0.05) is 35.5 Å². The monoisotopic (exact) mass is 293 g/mol. The molecule has 2 aromatic carbocycles. The molecule has 1 heterocycles. The Kier molecular flexibility index (Phi) is 3.92. The molecule has 0 aliphatic rings. The molecule has 0 saturated carbocycles. The van der Waals surface area contributed by atoms with E-state index >= 15 is 0 Å². The van der Waals surface area contributed by atoms with E-state index in [9.17, 15) is 5.11 Å². The number of aromatic hydroxyl groups is 1. The highest BCUT2D eigenvalue weighted by atomic mass is 16.5. The van der Waals surface area contributed by atoms with Crippen LogP contribution in [0.3, 0.4) is 0 Å². The van der Waals surface area contributed by atoms with Gasteiger partial charge in [0, 0.05) is 23.3 Å². The van der Waals surface area contributed by atoms with Crippen molar-refractivity contribution in [3.8, 4) is 22.8 Å². The Morgan fingerprint density at radius 1 is 1.09 bits per heavy atom. The molecule has 0 aliphatic heterocycles. The topological polar surface area (TPSA) is 55.5 Å². The van der Waals surface area contributed by atoms with Gasteiger partial charge in [0.1, 0.15) is 11.5 Å². The Hall–Kier alpha value is -3.01. The van der Waals surface area contributed by atoms with Crippen molar-refractivity contribution >= 4 is 12.2 Å². The standard InChI is InChI=1S/C18H15NO3/c1-21-16-8-7-14(17(20)12-16)6-5-13-3-2-4-15(11-13)18-9-10-19-22-18/h2-12,20H,1H3/b6-5+. The Bertz CT molecular complexity index is 792. The van der Waals surface area contributed by atoms with Gasteiger partial charge >= 0.3 is 0 Å². The van der Waals surface area contributed by atoms with Gasteiger partial charge in [0.05, 0.1) is 13.3 Å². The molecular formula is C18H15NO3. The van der Waals surface area contributed by atoms with Crippen LogP contribution in [0.2, 0.25) is 0 Å². The van der Waals surface area contributed by atoms with E-state index in [1.54, 1.807) is 19.4 Å². The lowest BCUT2D eigenvalue weighted by molar-refractivity contribution is 0.407. The number of benzene rings is 2. The van der Waals surface area contributed by atoms with E-state index in [1.807, 2.05) is 54.6 Å². The van der Waals surface area contributed by atoms with E-state index in [0.29, 0.717) is 5.75 Å². The second-order valence-electron chi connectivity index (χ2n) is 4.76. The number of hydrogen-bond acceptors (Lipinski definition) is 4. The Morgan fingerprint density at radius 3 is 2.73 bits per heavy atom. The maximum absolute atomic E-state index is 9.95. The molecule has 22 heavy (non-hydrogen) atoms. The quantitative estimate of drug-likeness (QED) is 0.731. The van der Waals surface area contributed by atoms with Crippen LogP contribution in [0.5, 0.6) is 11.5 Å². The van der Waals surface area contributed by atoms with E-state index in [-0.39, 0.29) is 5.75 Å². The molecule has 0 saturated heterocycles. The summed E-state index contributed by atoms with van der Waals surface area (Å²) >= 11 is 0. The normalized spacial score (nSPS) is 11.0. The zero-order valence-corrected chi connectivity index (χ0v) is 12.1. The molecule has 3 aromatic rings. The highest BCUT2D eigenvalue weighted by Crippen LogP contribution is 2.26. The number of nitrogens with zero attached hydrogens (tertiary/aromatic N) is 1. The Balaban J connectivity index is 1.85. The van der Waals surface area contributed by atoms with Crippen molar-refractivity contribution in [3.63, 3.8) is 0 Å². The lowest BCUT2D eigenvalue weighted by Crippen LogP contribution is -1.83. The third-order valence-electron chi connectivity index (χ3n) is 3.30. The SMILES string of the molecule is COc1ccc(/C=C/c2cccc(-c3ccno3)c2)c(O)c1. The molecule has 0 radical (unpaired) electrons. The number of phenolic OH excluding ortho intramolecular Hbond substituents is 1. The maximum Gasteiger partial charge on any atom is 0.166 e. The van der Waals surface area contributed by atoms with Crippen molar-refractivity contribution in [2.75, 3.05) is 7.11 Å². The average Bonchev–Trinajstić information content (AvgIpc) is 3.08. The summed E-state index contributed by atoms with van der Waals surface area (Å²) in [4.78, 5) is 0. The first-order valence-corrected chi connectivity index (χ1v) is 6.82. The summed E-state index contributed by atoms with van der Waals surface area (Å²) in [5.74, 6) is 1.53. The lowest BCUT2D eigenvalue weighted by Gasteiger charge is -2.03. The number of hydrogen-bond donors (Lipinski definition) is 1. The van der Waals surface area contributed by atoms with E-state index in [1.165, 1.54) is 0 Å². The predicted octanol–water partition coefficient (Wildman–Crippen LogP) is 4.23. The largest absolute Gasteiger partial charge is 0.507 e. The van der Waals surface area contributed by atoms with Crippen LogP contribution in [0.1, 0.15) is 11.1 Å². The van der Waals surface area contributed by atoms with Gasteiger partial charge in [-0.15, -0.1) is 0 Å². The molecule has 0 spiro atoms. The van der Waals surface area contributed by atoms with Crippen molar-refractivity contribution in [1.82, 2.24) is 5.16 Å². The van der Waals surface area contributed by atoms with Crippen LogP contribution in [0.4, 0.5) is 0 Å². The van der Waals surface area contributed by atoms with Crippen molar-refractivity contribution in [3.05, 3.63) is 65.9 Å². The maximum atomic E-state index is 9.95. The minimum Gasteiger partial charge on any atom is -0.507 e. The predicted molar refractivity (Wildman–Crippen MR) is 85.5 cm³/mol. The first-order chi connectivity index (χ1) is 10.8. The second-order valence-corrected chi connectivity index (χ2v) is 4.76. The molecule has 0 unspecified atom stereocenters. The number of ether oxygens (including phenoxy) is 1. The molecule has 0 aliphatic carbocycles. The van der Waals surface area contributed by atoms with Gasteiger partial charge in [-0.3, -0.25) is 0 Å². The zero-order valence-electron chi connectivity index (χ0n) is 12.1. The van der Waals surface area contributed by atoms with E-state index in [2.05, 4.69) is 5.16 Å². The first-order valence-electron chi connectivity index (χ1n) is 6.82. The summed E-state index contributed by atoms with van der Waals surface area (Å²) in [6.45, 7) is 0.